The molecule has 1 aromatic carbocycles. The van der Waals surface area contributed by atoms with Crippen molar-refractivity contribution in [3.63, 3.8) is 0 Å². The molecule has 0 amide bonds. The molecule has 0 spiro atoms. The third-order valence-electron chi connectivity index (χ3n) is 5.51. The molecule has 2 saturated heterocycles. The zero-order valence-corrected chi connectivity index (χ0v) is 14.2. The predicted octanol–water partition coefficient (Wildman–Crippen LogP) is 1.80. The van der Waals surface area contributed by atoms with Gasteiger partial charge in [-0.15, -0.1) is 0 Å². The van der Waals surface area contributed by atoms with Crippen molar-refractivity contribution in [2.24, 2.45) is 11.3 Å². The van der Waals surface area contributed by atoms with Gasteiger partial charge in [0.2, 0.25) is 12.7 Å². The highest BCUT2D eigenvalue weighted by Gasteiger charge is 2.51. The number of benzene rings is 1. The van der Waals surface area contributed by atoms with Gasteiger partial charge in [-0.05, 0) is 24.6 Å². The van der Waals surface area contributed by atoms with Gasteiger partial charge in [0.15, 0.2) is 17.3 Å². The lowest BCUT2D eigenvalue weighted by Gasteiger charge is -2.25. The fourth-order valence-electron chi connectivity index (χ4n) is 4.32. The highest BCUT2D eigenvalue weighted by atomic mass is 16.7. The SMILES string of the molecule is Cc1noc(C[C@@]23COC[C@@H]2CN(Cc2ccc4c(c2)OCO4)C3)n1. The number of aryl methyl sites for hydroxylation is 1. The molecule has 0 unspecified atom stereocenters. The van der Waals surface area contributed by atoms with Crippen molar-refractivity contribution in [1.82, 2.24) is 15.0 Å². The Labute approximate surface area is 145 Å². The molecule has 132 valence electrons. The first-order valence-electron chi connectivity index (χ1n) is 8.68. The second kappa shape index (κ2) is 5.71. The molecule has 0 radical (unpaired) electrons. The first-order chi connectivity index (χ1) is 12.2. The summed E-state index contributed by atoms with van der Waals surface area (Å²) in [6.07, 6.45) is 0.788. The molecular weight excluding hydrogens is 322 g/mol. The topological polar surface area (TPSA) is 69.9 Å². The Morgan fingerprint density at radius 3 is 3.08 bits per heavy atom. The second-order valence-corrected chi connectivity index (χ2v) is 7.34. The van der Waals surface area contributed by atoms with Crippen LogP contribution in [0.4, 0.5) is 0 Å². The van der Waals surface area contributed by atoms with E-state index in [9.17, 15) is 0 Å². The first kappa shape index (κ1) is 15.2. The van der Waals surface area contributed by atoms with E-state index in [0.29, 0.717) is 18.5 Å². The number of ether oxygens (including phenoxy) is 3. The van der Waals surface area contributed by atoms with Crippen molar-refractivity contribution in [1.29, 1.82) is 0 Å². The molecule has 3 aliphatic heterocycles. The van der Waals surface area contributed by atoms with Gasteiger partial charge in [0.25, 0.3) is 0 Å². The number of fused-ring (bicyclic) bond motifs is 2. The van der Waals surface area contributed by atoms with E-state index in [2.05, 4.69) is 27.2 Å². The molecule has 7 nitrogen and oxygen atoms in total. The lowest BCUT2D eigenvalue weighted by atomic mass is 9.78. The Bertz CT molecular complexity index is 792. The van der Waals surface area contributed by atoms with E-state index >= 15 is 0 Å². The summed E-state index contributed by atoms with van der Waals surface area (Å²) in [7, 11) is 0. The molecule has 25 heavy (non-hydrogen) atoms. The van der Waals surface area contributed by atoms with E-state index < -0.39 is 0 Å². The van der Waals surface area contributed by atoms with Crippen molar-refractivity contribution in [3.05, 3.63) is 35.5 Å². The van der Waals surface area contributed by atoms with Crippen molar-refractivity contribution >= 4 is 0 Å². The van der Waals surface area contributed by atoms with E-state index in [4.69, 9.17) is 18.7 Å². The third-order valence-corrected chi connectivity index (χ3v) is 5.51. The van der Waals surface area contributed by atoms with Crippen LogP contribution in [0.25, 0.3) is 0 Å². The van der Waals surface area contributed by atoms with Crippen molar-refractivity contribution in [3.8, 4) is 11.5 Å². The van der Waals surface area contributed by atoms with Gasteiger partial charge < -0.3 is 18.7 Å². The van der Waals surface area contributed by atoms with Crippen LogP contribution in [0.5, 0.6) is 11.5 Å². The van der Waals surface area contributed by atoms with E-state index in [0.717, 1.165) is 56.7 Å². The molecule has 2 atom stereocenters. The summed E-state index contributed by atoms with van der Waals surface area (Å²) in [6, 6.07) is 6.20. The van der Waals surface area contributed by atoms with E-state index in [1.807, 2.05) is 13.0 Å². The average Bonchev–Trinajstić information content (AvgIpc) is 3.32. The summed E-state index contributed by atoms with van der Waals surface area (Å²) in [5.74, 6) is 3.60. The van der Waals surface area contributed by atoms with Crippen LogP contribution in [-0.4, -0.2) is 48.1 Å². The number of nitrogens with zero attached hydrogens (tertiary/aromatic N) is 3. The van der Waals surface area contributed by atoms with Crippen LogP contribution in [-0.2, 0) is 17.7 Å². The van der Waals surface area contributed by atoms with Gasteiger partial charge in [0.1, 0.15) is 0 Å². The second-order valence-electron chi connectivity index (χ2n) is 7.34. The Hall–Kier alpha value is -2.12. The fourth-order valence-corrected chi connectivity index (χ4v) is 4.32. The van der Waals surface area contributed by atoms with Gasteiger partial charge in [-0.3, -0.25) is 4.90 Å². The summed E-state index contributed by atoms with van der Waals surface area (Å²) in [5, 5.41) is 3.92. The van der Waals surface area contributed by atoms with Crippen LogP contribution >= 0.6 is 0 Å². The van der Waals surface area contributed by atoms with E-state index in [-0.39, 0.29) is 5.41 Å². The summed E-state index contributed by atoms with van der Waals surface area (Å²) >= 11 is 0. The molecule has 0 bridgehead atoms. The fraction of sp³-hybridized carbons (Fsp3) is 0.556. The van der Waals surface area contributed by atoms with Crippen LogP contribution in [0.15, 0.2) is 22.7 Å². The lowest BCUT2D eigenvalue weighted by molar-refractivity contribution is 0.122. The van der Waals surface area contributed by atoms with Crippen LogP contribution in [0.1, 0.15) is 17.3 Å². The maximum absolute atomic E-state index is 5.80. The van der Waals surface area contributed by atoms with Crippen LogP contribution in [0.3, 0.4) is 0 Å². The molecule has 2 fully saturated rings. The van der Waals surface area contributed by atoms with Crippen molar-refractivity contribution in [2.75, 3.05) is 33.1 Å². The molecular formula is C18H21N3O4. The van der Waals surface area contributed by atoms with Gasteiger partial charge in [0, 0.05) is 37.4 Å². The quantitative estimate of drug-likeness (QED) is 0.838. The molecule has 5 rings (SSSR count). The van der Waals surface area contributed by atoms with Crippen LogP contribution in [0.2, 0.25) is 0 Å². The summed E-state index contributed by atoms with van der Waals surface area (Å²) in [4.78, 5) is 6.89. The number of hydrogen-bond acceptors (Lipinski definition) is 7. The predicted molar refractivity (Wildman–Crippen MR) is 87.3 cm³/mol. The highest BCUT2D eigenvalue weighted by molar-refractivity contribution is 5.44. The van der Waals surface area contributed by atoms with E-state index in [1.54, 1.807) is 0 Å². The van der Waals surface area contributed by atoms with Gasteiger partial charge in [-0.1, -0.05) is 11.2 Å². The Morgan fingerprint density at radius 2 is 2.20 bits per heavy atom. The summed E-state index contributed by atoms with van der Waals surface area (Å²) in [6.45, 7) is 6.65. The monoisotopic (exact) mass is 343 g/mol. The Balaban J connectivity index is 1.32. The summed E-state index contributed by atoms with van der Waals surface area (Å²) < 4.78 is 22.1. The van der Waals surface area contributed by atoms with Crippen LogP contribution < -0.4 is 9.47 Å². The maximum atomic E-state index is 5.80. The maximum Gasteiger partial charge on any atom is 0.231 e. The Kier molecular flexibility index (Phi) is 3.46. The third kappa shape index (κ3) is 2.67. The highest BCUT2D eigenvalue weighted by Crippen LogP contribution is 2.44. The Morgan fingerprint density at radius 1 is 1.28 bits per heavy atom. The zero-order valence-electron chi connectivity index (χ0n) is 14.2. The van der Waals surface area contributed by atoms with Gasteiger partial charge in [-0.25, -0.2) is 0 Å². The first-order valence-corrected chi connectivity index (χ1v) is 8.68. The van der Waals surface area contributed by atoms with Crippen molar-refractivity contribution in [2.45, 2.75) is 19.9 Å². The van der Waals surface area contributed by atoms with E-state index in [1.165, 1.54) is 5.56 Å². The smallest absolute Gasteiger partial charge is 0.231 e. The van der Waals surface area contributed by atoms with Crippen molar-refractivity contribution < 1.29 is 18.7 Å². The van der Waals surface area contributed by atoms with Gasteiger partial charge in [-0.2, -0.15) is 4.98 Å². The number of hydrogen-bond donors (Lipinski definition) is 0. The number of rotatable bonds is 4. The normalized spacial score (nSPS) is 27.8. The van der Waals surface area contributed by atoms with Crippen LogP contribution in [0, 0.1) is 18.3 Å². The molecule has 7 heteroatoms. The molecule has 1 aromatic heterocycles. The molecule has 0 saturated carbocycles. The average molecular weight is 343 g/mol. The zero-order chi connectivity index (χ0) is 16.9. The number of aromatic nitrogens is 2. The molecule has 4 heterocycles. The van der Waals surface area contributed by atoms with Gasteiger partial charge >= 0.3 is 0 Å². The minimum atomic E-state index is 0.0787. The molecule has 3 aliphatic rings. The lowest BCUT2D eigenvalue weighted by Crippen LogP contribution is -2.33. The molecule has 2 aromatic rings. The molecule has 0 N–H and O–H groups in total. The minimum absolute atomic E-state index is 0.0787. The minimum Gasteiger partial charge on any atom is -0.454 e. The largest absolute Gasteiger partial charge is 0.454 e. The number of likely N-dealkylation sites (tertiary alicyclic amines) is 1. The molecule has 0 aliphatic carbocycles. The summed E-state index contributed by atoms with van der Waals surface area (Å²) in [5.41, 5.74) is 1.32. The standard InChI is InChI=1S/C18H21N3O4/c1-12-19-17(25-20-12)5-18-9-21(7-14(18)8-22-10-18)6-13-2-3-15-16(4-13)24-11-23-15/h2-4,14H,5-11H2,1H3/t14-,18+/m0/s1. The van der Waals surface area contributed by atoms with Gasteiger partial charge in [0.05, 0.1) is 13.2 Å².